The van der Waals surface area contributed by atoms with Gasteiger partial charge in [-0.05, 0) is 43.9 Å². The monoisotopic (exact) mass is 282 g/mol. The summed E-state index contributed by atoms with van der Waals surface area (Å²) in [6.45, 7) is 4.50. The zero-order chi connectivity index (χ0) is 14.0. The second-order valence-corrected chi connectivity index (χ2v) is 7.08. The van der Waals surface area contributed by atoms with E-state index in [4.69, 9.17) is 5.73 Å². The van der Waals surface area contributed by atoms with E-state index in [1.54, 1.807) is 22.5 Å². The molecule has 0 heterocycles. The number of anilines is 1. The maximum Gasteiger partial charge on any atom is 0.243 e. The Bertz CT molecular complexity index is 551. The molecule has 4 nitrogen and oxygen atoms in total. The van der Waals surface area contributed by atoms with Crippen LogP contribution in [0.1, 0.15) is 38.2 Å². The number of sulfonamides is 1. The van der Waals surface area contributed by atoms with E-state index in [9.17, 15) is 8.42 Å². The Kier molecular flexibility index (Phi) is 4.16. The minimum atomic E-state index is -3.41. The summed E-state index contributed by atoms with van der Waals surface area (Å²) in [5, 5.41) is 0. The number of aryl methyl sites for hydroxylation is 1. The van der Waals surface area contributed by atoms with E-state index in [-0.39, 0.29) is 6.04 Å². The van der Waals surface area contributed by atoms with Crippen LogP contribution in [0.15, 0.2) is 23.1 Å². The normalized spacial score (nSPS) is 15.9. The van der Waals surface area contributed by atoms with Gasteiger partial charge in [0.2, 0.25) is 10.0 Å². The molecule has 0 amide bonds. The fourth-order valence-electron chi connectivity index (χ4n) is 2.20. The predicted molar refractivity (Wildman–Crippen MR) is 77.4 cm³/mol. The van der Waals surface area contributed by atoms with Crippen molar-refractivity contribution < 1.29 is 8.42 Å². The second kappa shape index (κ2) is 5.51. The third-order valence-corrected chi connectivity index (χ3v) is 5.58. The maximum absolute atomic E-state index is 12.8. The van der Waals surface area contributed by atoms with Crippen molar-refractivity contribution in [3.63, 3.8) is 0 Å². The Morgan fingerprint density at radius 1 is 1.37 bits per heavy atom. The van der Waals surface area contributed by atoms with Crippen molar-refractivity contribution in [3.05, 3.63) is 23.8 Å². The van der Waals surface area contributed by atoms with E-state index in [0.717, 1.165) is 31.2 Å². The quantitative estimate of drug-likeness (QED) is 0.815. The van der Waals surface area contributed by atoms with Crippen LogP contribution in [0.3, 0.4) is 0 Å². The fourth-order valence-corrected chi connectivity index (χ4v) is 4.18. The van der Waals surface area contributed by atoms with E-state index < -0.39 is 10.0 Å². The third-order valence-electron chi connectivity index (χ3n) is 3.49. The van der Waals surface area contributed by atoms with Crippen molar-refractivity contribution in [2.75, 3.05) is 12.3 Å². The molecule has 1 fully saturated rings. The number of nitrogens with zero attached hydrogens (tertiary/aromatic N) is 1. The molecular weight excluding hydrogens is 260 g/mol. The van der Waals surface area contributed by atoms with Gasteiger partial charge < -0.3 is 5.73 Å². The Balaban J connectivity index is 2.35. The molecule has 0 saturated heterocycles. The molecule has 0 aliphatic heterocycles. The Morgan fingerprint density at radius 2 is 2.05 bits per heavy atom. The number of hydrogen-bond acceptors (Lipinski definition) is 3. The molecule has 1 aromatic carbocycles. The number of hydrogen-bond donors (Lipinski definition) is 1. The first-order valence-electron chi connectivity index (χ1n) is 6.84. The van der Waals surface area contributed by atoms with E-state index in [1.165, 1.54) is 0 Å². The molecule has 1 saturated carbocycles. The minimum absolute atomic E-state index is 0.192. The van der Waals surface area contributed by atoms with Crippen LogP contribution in [0.25, 0.3) is 0 Å². The lowest BCUT2D eigenvalue weighted by Gasteiger charge is -2.22. The van der Waals surface area contributed by atoms with Crippen molar-refractivity contribution in [3.8, 4) is 0 Å². The van der Waals surface area contributed by atoms with Gasteiger partial charge >= 0.3 is 0 Å². The van der Waals surface area contributed by atoms with Gasteiger partial charge in [-0.1, -0.05) is 19.4 Å². The molecule has 19 heavy (non-hydrogen) atoms. The summed E-state index contributed by atoms with van der Waals surface area (Å²) in [4.78, 5) is 0.357. The highest BCUT2D eigenvalue weighted by Crippen LogP contribution is 2.33. The van der Waals surface area contributed by atoms with Gasteiger partial charge in [0.25, 0.3) is 0 Å². The molecule has 0 bridgehead atoms. The molecular formula is C14H22N2O2S. The summed E-state index contributed by atoms with van der Waals surface area (Å²) >= 11 is 0. The zero-order valence-electron chi connectivity index (χ0n) is 11.6. The van der Waals surface area contributed by atoms with E-state index in [1.807, 2.05) is 6.92 Å². The molecule has 0 atom stereocenters. The van der Waals surface area contributed by atoms with E-state index in [2.05, 4.69) is 6.92 Å². The maximum atomic E-state index is 12.8. The number of rotatable bonds is 6. The average molecular weight is 282 g/mol. The molecule has 106 valence electrons. The Hall–Kier alpha value is -1.07. The highest BCUT2D eigenvalue weighted by atomic mass is 32.2. The van der Waals surface area contributed by atoms with E-state index >= 15 is 0 Å². The second-order valence-electron chi connectivity index (χ2n) is 5.23. The molecule has 0 radical (unpaired) electrons. The highest BCUT2D eigenvalue weighted by Gasteiger charge is 2.38. The third kappa shape index (κ3) is 3.09. The molecule has 0 aromatic heterocycles. The van der Waals surface area contributed by atoms with Crippen LogP contribution in [-0.4, -0.2) is 25.3 Å². The number of nitrogens with two attached hydrogens (primary N) is 1. The van der Waals surface area contributed by atoms with Crippen LogP contribution in [0.4, 0.5) is 5.69 Å². The summed E-state index contributed by atoms with van der Waals surface area (Å²) in [7, 11) is -3.41. The number of nitrogen functional groups attached to an aromatic ring is 1. The summed E-state index contributed by atoms with van der Waals surface area (Å²) in [6.07, 6.45) is 3.85. The SMILES string of the molecule is CCCCN(C1CC1)S(=O)(=O)c1cc(N)ccc1C. The average Bonchev–Trinajstić information content (AvgIpc) is 3.17. The first kappa shape index (κ1) is 14.3. The van der Waals surface area contributed by atoms with Crippen LogP contribution in [0.2, 0.25) is 0 Å². The standard InChI is InChI=1S/C14H22N2O2S/c1-3-4-9-16(13-7-8-13)19(17,18)14-10-12(15)6-5-11(14)2/h5-6,10,13H,3-4,7-9,15H2,1-2H3. The Morgan fingerprint density at radius 3 is 2.63 bits per heavy atom. The summed E-state index contributed by atoms with van der Waals surface area (Å²) in [5.41, 5.74) is 6.99. The highest BCUT2D eigenvalue weighted by molar-refractivity contribution is 7.89. The first-order chi connectivity index (χ1) is 8.96. The van der Waals surface area contributed by atoms with Gasteiger partial charge in [0.15, 0.2) is 0 Å². The van der Waals surface area contributed by atoms with Gasteiger partial charge in [0.1, 0.15) is 0 Å². The van der Waals surface area contributed by atoms with Crippen molar-refractivity contribution in [1.29, 1.82) is 0 Å². The molecule has 2 rings (SSSR count). The molecule has 0 unspecified atom stereocenters. The van der Waals surface area contributed by atoms with Crippen molar-refractivity contribution in [2.24, 2.45) is 0 Å². The van der Waals surface area contributed by atoms with Crippen LogP contribution in [0.5, 0.6) is 0 Å². The lowest BCUT2D eigenvalue weighted by molar-refractivity contribution is 0.395. The minimum Gasteiger partial charge on any atom is -0.399 e. The van der Waals surface area contributed by atoms with Gasteiger partial charge in [0, 0.05) is 18.3 Å². The largest absolute Gasteiger partial charge is 0.399 e. The van der Waals surface area contributed by atoms with Crippen molar-refractivity contribution in [2.45, 2.75) is 50.5 Å². The molecule has 0 spiro atoms. The van der Waals surface area contributed by atoms with Gasteiger partial charge in [-0.25, -0.2) is 8.42 Å². The van der Waals surface area contributed by atoms with Gasteiger partial charge in [-0.15, -0.1) is 0 Å². The number of benzene rings is 1. The topological polar surface area (TPSA) is 63.4 Å². The fraction of sp³-hybridized carbons (Fsp3) is 0.571. The smallest absolute Gasteiger partial charge is 0.243 e. The molecule has 5 heteroatoms. The van der Waals surface area contributed by atoms with Crippen molar-refractivity contribution in [1.82, 2.24) is 4.31 Å². The van der Waals surface area contributed by atoms with Crippen LogP contribution in [0, 0.1) is 6.92 Å². The zero-order valence-corrected chi connectivity index (χ0v) is 12.4. The molecule has 1 aromatic rings. The predicted octanol–water partition coefficient (Wildman–Crippen LogP) is 2.53. The molecule has 2 N–H and O–H groups in total. The van der Waals surface area contributed by atoms with Crippen LogP contribution in [-0.2, 0) is 10.0 Å². The summed E-state index contributed by atoms with van der Waals surface area (Å²) < 4.78 is 27.2. The first-order valence-corrected chi connectivity index (χ1v) is 8.28. The molecule has 1 aliphatic carbocycles. The van der Waals surface area contributed by atoms with Gasteiger partial charge in [-0.2, -0.15) is 4.31 Å². The van der Waals surface area contributed by atoms with Crippen LogP contribution < -0.4 is 5.73 Å². The van der Waals surface area contributed by atoms with Crippen LogP contribution >= 0.6 is 0 Å². The van der Waals surface area contributed by atoms with E-state index in [0.29, 0.717) is 17.1 Å². The number of unbranched alkanes of at least 4 members (excludes halogenated alkanes) is 1. The lowest BCUT2D eigenvalue weighted by Crippen LogP contribution is -2.34. The lowest BCUT2D eigenvalue weighted by atomic mass is 10.2. The van der Waals surface area contributed by atoms with Gasteiger partial charge in [-0.3, -0.25) is 0 Å². The van der Waals surface area contributed by atoms with Crippen molar-refractivity contribution >= 4 is 15.7 Å². The summed E-state index contributed by atoms with van der Waals surface area (Å²) in [6, 6.07) is 5.28. The molecule has 1 aliphatic rings. The summed E-state index contributed by atoms with van der Waals surface area (Å²) in [5.74, 6) is 0. The Labute approximate surface area is 115 Å². The van der Waals surface area contributed by atoms with Gasteiger partial charge in [0.05, 0.1) is 4.90 Å².